The molecule has 4 aromatic rings. The van der Waals surface area contributed by atoms with E-state index >= 15 is 0 Å². The van der Waals surface area contributed by atoms with Gasteiger partial charge in [0, 0.05) is 24.6 Å². The molecule has 0 bridgehead atoms. The number of nitrogens with one attached hydrogen (secondary N) is 1. The summed E-state index contributed by atoms with van der Waals surface area (Å²) in [6.07, 6.45) is 3.69. The summed E-state index contributed by atoms with van der Waals surface area (Å²) in [5.74, 6) is 0.225. The number of carbonyl (C=O) groups is 1. The molecule has 0 atom stereocenters. The minimum atomic E-state index is -0.358. The van der Waals surface area contributed by atoms with Crippen LogP contribution in [0.3, 0.4) is 0 Å². The highest BCUT2D eigenvalue weighted by molar-refractivity contribution is 6.34. The lowest BCUT2D eigenvalue weighted by atomic mass is 10.2. The summed E-state index contributed by atoms with van der Waals surface area (Å²) in [6.45, 7) is 4.36. The van der Waals surface area contributed by atoms with Crippen LogP contribution in [0.2, 0.25) is 5.15 Å². The van der Waals surface area contributed by atoms with Gasteiger partial charge >= 0.3 is 0 Å². The monoisotopic (exact) mass is 423 g/mol. The Balaban J connectivity index is 1.51. The van der Waals surface area contributed by atoms with E-state index in [-0.39, 0.29) is 22.4 Å². The second-order valence-corrected chi connectivity index (χ2v) is 7.25. The highest BCUT2D eigenvalue weighted by Crippen LogP contribution is 2.25. The van der Waals surface area contributed by atoms with E-state index < -0.39 is 0 Å². The fourth-order valence-corrected chi connectivity index (χ4v) is 3.52. The molecule has 6 nitrogen and oxygen atoms in total. The number of imidazole rings is 1. The molecule has 2 aromatic carbocycles. The molecule has 0 spiro atoms. The zero-order chi connectivity index (χ0) is 21.3. The third kappa shape index (κ3) is 3.97. The van der Waals surface area contributed by atoms with E-state index in [1.165, 1.54) is 16.8 Å². The van der Waals surface area contributed by atoms with Gasteiger partial charge in [-0.2, -0.15) is 5.10 Å². The minimum absolute atomic E-state index is 0.170. The Morgan fingerprint density at radius 1 is 1.10 bits per heavy atom. The zero-order valence-electron chi connectivity index (χ0n) is 16.4. The molecule has 8 heteroatoms. The van der Waals surface area contributed by atoms with Crippen LogP contribution in [-0.2, 0) is 6.54 Å². The maximum atomic E-state index is 13.2. The maximum absolute atomic E-state index is 13.2. The number of rotatable bonds is 5. The van der Waals surface area contributed by atoms with Crippen molar-refractivity contribution < 1.29 is 9.18 Å². The van der Waals surface area contributed by atoms with E-state index in [1.54, 1.807) is 25.3 Å². The molecule has 0 saturated carbocycles. The molecular formula is C22H19ClFN5O. The quantitative estimate of drug-likeness (QED) is 0.502. The van der Waals surface area contributed by atoms with Gasteiger partial charge in [0.15, 0.2) is 0 Å². The van der Waals surface area contributed by atoms with Crippen LogP contribution in [0.15, 0.2) is 60.9 Å². The van der Waals surface area contributed by atoms with E-state index in [2.05, 4.69) is 15.4 Å². The molecule has 4 rings (SSSR count). The molecule has 0 saturated heterocycles. The van der Waals surface area contributed by atoms with Crippen LogP contribution in [0, 0.1) is 19.7 Å². The number of anilines is 1. The number of hydrogen-bond donors (Lipinski definition) is 1. The molecule has 0 aliphatic rings. The van der Waals surface area contributed by atoms with Gasteiger partial charge in [-0.25, -0.2) is 14.1 Å². The van der Waals surface area contributed by atoms with E-state index in [4.69, 9.17) is 11.6 Å². The van der Waals surface area contributed by atoms with Crippen molar-refractivity contribution in [2.75, 3.05) is 5.32 Å². The van der Waals surface area contributed by atoms with Gasteiger partial charge in [-0.15, -0.1) is 0 Å². The van der Waals surface area contributed by atoms with Crippen LogP contribution >= 0.6 is 11.6 Å². The van der Waals surface area contributed by atoms with Crippen molar-refractivity contribution in [3.05, 3.63) is 94.5 Å². The summed E-state index contributed by atoms with van der Waals surface area (Å²) in [6, 6.07) is 13.3. The predicted molar refractivity (Wildman–Crippen MR) is 114 cm³/mol. The van der Waals surface area contributed by atoms with E-state index in [0.29, 0.717) is 23.6 Å². The largest absolute Gasteiger partial charge is 0.331 e. The van der Waals surface area contributed by atoms with E-state index in [0.717, 1.165) is 11.4 Å². The molecule has 2 aromatic heterocycles. The van der Waals surface area contributed by atoms with Crippen LogP contribution in [0.25, 0.3) is 5.69 Å². The van der Waals surface area contributed by atoms with Gasteiger partial charge in [0.2, 0.25) is 0 Å². The third-order valence-corrected chi connectivity index (χ3v) is 5.14. The molecule has 152 valence electrons. The number of benzene rings is 2. The lowest BCUT2D eigenvalue weighted by molar-refractivity contribution is 0.102. The van der Waals surface area contributed by atoms with Crippen molar-refractivity contribution in [1.29, 1.82) is 0 Å². The number of amides is 1. The molecule has 0 fully saturated rings. The van der Waals surface area contributed by atoms with Gasteiger partial charge in [-0.05, 0) is 55.8 Å². The molecule has 2 heterocycles. The van der Waals surface area contributed by atoms with Crippen molar-refractivity contribution in [1.82, 2.24) is 19.3 Å². The number of nitrogens with zero attached hydrogens (tertiary/aromatic N) is 4. The molecule has 1 N–H and O–H groups in total. The Labute approximate surface area is 177 Å². The van der Waals surface area contributed by atoms with Crippen LogP contribution in [0.5, 0.6) is 0 Å². The molecule has 0 aliphatic carbocycles. The van der Waals surface area contributed by atoms with Crippen LogP contribution in [0.1, 0.15) is 27.4 Å². The number of hydrogen-bond acceptors (Lipinski definition) is 3. The van der Waals surface area contributed by atoms with Gasteiger partial charge < -0.3 is 9.88 Å². The third-order valence-electron chi connectivity index (χ3n) is 4.79. The second-order valence-electron chi connectivity index (χ2n) is 6.89. The molecule has 0 radical (unpaired) electrons. The van der Waals surface area contributed by atoms with Crippen molar-refractivity contribution in [3.63, 3.8) is 0 Å². The van der Waals surface area contributed by atoms with Crippen molar-refractivity contribution in [2.24, 2.45) is 0 Å². The van der Waals surface area contributed by atoms with Gasteiger partial charge in [0.25, 0.3) is 5.91 Å². The number of aromatic nitrogens is 4. The summed E-state index contributed by atoms with van der Waals surface area (Å²) >= 11 is 6.42. The average Bonchev–Trinajstić information content (AvgIpc) is 3.26. The Hall–Kier alpha value is -3.45. The van der Waals surface area contributed by atoms with Crippen LogP contribution in [-0.4, -0.2) is 25.2 Å². The first-order valence-corrected chi connectivity index (χ1v) is 9.69. The van der Waals surface area contributed by atoms with Crippen molar-refractivity contribution in [2.45, 2.75) is 20.4 Å². The van der Waals surface area contributed by atoms with Crippen LogP contribution < -0.4 is 5.32 Å². The van der Waals surface area contributed by atoms with Crippen molar-refractivity contribution in [3.8, 4) is 5.69 Å². The number of carbonyl (C=O) groups excluding carboxylic acids is 1. The summed E-state index contributed by atoms with van der Waals surface area (Å²) < 4.78 is 16.6. The van der Waals surface area contributed by atoms with Crippen LogP contribution in [0.4, 0.5) is 10.1 Å². The van der Waals surface area contributed by atoms with Crippen molar-refractivity contribution >= 4 is 23.2 Å². The van der Waals surface area contributed by atoms with E-state index in [9.17, 15) is 9.18 Å². The van der Waals surface area contributed by atoms with E-state index in [1.807, 2.05) is 42.0 Å². The van der Waals surface area contributed by atoms with Gasteiger partial charge in [-0.1, -0.05) is 23.7 Å². The first-order valence-electron chi connectivity index (χ1n) is 9.31. The van der Waals surface area contributed by atoms with Gasteiger partial charge in [0.05, 0.1) is 11.4 Å². The summed E-state index contributed by atoms with van der Waals surface area (Å²) in [4.78, 5) is 17.0. The Morgan fingerprint density at radius 2 is 1.80 bits per heavy atom. The molecular weight excluding hydrogens is 405 g/mol. The predicted octanol–water partition coefficient (Wildman–Crippen LogP) is 4.78. The zero-order valence-corrected chi connectivity index (χ0v) is 17.2. The fourth-order valence-electron chi connectivity index (χ4n) is 3.17. The summed E-state index contributed by atoms with van der Waals surface area (Å²) in [5, 5.41) is 7.36. The normalized spacial score (nSPS) is 10.9. The summed E-state index contributed by atoms with van der Waals surface area (Å²) in [5.41, 5.74) is 3.07. The first-order chi connectivity index (χ1) is 14.4. The SMILES string of the molecule is Cc1nn(-c2ccc(F)cc2)c(Cl)c1C(=O)Nc1ccc(Cn2ccnc2C)cc1. The summed E-state index contributed by atoms with van der Waals surface area (Å²) in [7, 11) is 0. The average molecular weight is 424 g/mol. The molecule has 30 heavy (non-hydrogen) atoms. The second kappa shape index (κ2) is 8.12. The Kier molecular flexibility index (Phi) is 5.37. The highest BCUT2D eigenvalue weighted by atomic mass is 35.5. The molecule has 0 aliphatic heterocycles. The number of halogens is 2. The molecule has 0 unspecified atom stereocenters. The fraction of sp³-hybridized carbons (Fsp3) is 0.136. The lowest BCUT2D eigenvalue weighted by Gasteiger charge is -2.08. The number of aryl methyl sites for hydroxylation is 2. The Bertz CT molecular complexity index is 1200. The molecule has 1 amide bonds. The standard InChI is InChI=1S/C22H19ClFN5O/c1-14-20(21(23)29(27-14)19-9-5-17(24)6-10-19)22(30)26-18-7-3-16(4-8-18)13-28-12-11-25-15(28)2/h3-12H,13H2,1-2H3,(H,26,30). The van der Waals surface area contributed by atoms with Gasteiger partial charge in [-0.3, -0.25) is 4.79 Å². The maximum Gasteiger partial charge on any atom is 0.260 e. The first kappa shape index (κ1) is 19.8. The smallest absolute Gasteiger partial charge is 0.260 e. The lowest BCUT2D eigenvalue weighted by Crippen LogP contribution is -2.13. The topological polar surface area (TPSA) is 64.7 Å². The Morgan fingerprint density at radius 3 is 2.43 bits per heavy atom. The minimum Gasteiger partial charge on any atom is -0.331 e. The highest BCUT2D eigenvalue weighted by Gasteiger charge is 2.21. The van der Waals surface area contributed by atoms with Gasteiger partial charge in [0.1, 0.15) is 22.4 Å².